The predicted octanol–water partition coefficient (Wildman–Crippen LogP) is 2.14. The van der Waals surface area contributed by atoms with Crippen molar-refractivity contribution in [1.82, 2.24) is 10.2 Å². The quantitative estimate of drug-likeness (QED) is 0.692. The number of aliphatic carboxylic acids is 1. The Balaban J connectivity index is 2.68. The van der Waals surface area contributed by atoms with Crippen LogP contribution in [0, 0.1) is 0 Å². The van der Waals surface area contributed by atoms with Gasteiger partial charge in [0.25, 0.3) is 0 Å². The molecule has 0 saturated carbocycles. The number of likely N-dealkylation sites (N-methyl/N-ethyl adjacent to an activating group) is 1. The number of ether oxygens (including phenoxy) is 1. The molecule has 2 N–H and O–H groups in total. The summed E-state index contributed by atoms with van der Waals surface area (Å²) in [6.45, 7) is 10.1. The lowest BCUT2D eigenvalue weighted by Gasteiger charge is -2.21. The van der Waals surface area contributed by atoms with Gasteiger partial charge in [-0.2, -0.15) is 0 Å². The average molecular weight is 294 g/mol. The Morgan fingerprint density at radius 1 is 1.33 bits per heavy atom. The van der Waals surface area contributed by atoms with Crippen LogP contribution in [-0.2, 0) is 4.79 Å². The van der Waals surface area contributed by atoms with Gasteiger partial charge >= 0.3 is 5.97 Å². The number of nitrogens with zero attached hydrogens (tertiary/aromatic N) is 1. The molecule has 0 aliphatic carbocycles. The summed E-state index contributed by atoms with van der Waals surface area (Å²) in [5.74, 6) is -0.171. The molecule has 5 heteroatoms. The third-order valence-electron chi connectivity index (χ3n) is 3.42. The van der Waals surface area contributed by atoms with Crippen LogP contribution in [0.3, 0.4) is 0 Å². The van der Waals surface area contributed by atoms with Gasteiger partial charge in [-0.25, -0.2) is 0 Å². The van der Waals surface area contributed by atoms with Crippen LogP contribution in [0.25, 0.3) is 0 Å². The highest BCUT2D eigenvalue weighted by atomic mass is 16.5. The summed E-state index contributed by atoms with van der Waals surface area (Å²) in [5, 5.41) is 12.5. The number of carbonyl (C=O) groups is 1. The molecule has 0 aliphatic rings. The summed E-state index contributed by atoms with van der Waals surface area (Å²) in [5.41, 5.74) is 0.716. The van der Waals surface area contributed by atoms with Crippen molar-refractivity contribution < 1.29 is 14.6 Å². The van der Waals surface area contributed by atoms with E-state index in [1.807, 2.05) is 25.1 Å². The lowest BCUT2D eigenvalue weighted by molar-refractivity contribution is -0.139. The molecule has 5 nitrogen and oxygen atoms in total. The predicted molar refractivity (Wildman–Crippen MR) is 83.8 cm³/mol. The topological polar surface area (TPSA) is 61.8 Å². The first-order valence-electron chi connectivity index (χ1n) is 7.53. The van der Waals surface area contributed by atoms with Crippen LogP contribution >= 0.6 is 0 Å². The second-order valence-corrected chi connectivity index (χ2v) is 4.76. The van der Waals surface area contributed by atoms with Gasteiger partial charge in [0, 0.05) is 13.1 Å². The van der Waals surface area contributed by atoms with Crippen LogP contribution < -0.4 is 10.1 Å². The summed E-state index contributed by atoms with van der Waals surface area (Å²) in [7, 11) is 0. The van der Waals surface area contributed by atoms with Gasteiger partial charge in [-0.3, -0.25) is 10.1 Å². The molecule has 0 fully saturated rings. The normalized spacial score (nSPS) is 12.4. The van der Waals surface area contributed by atoms with E-state index >= 15 is 0 Å². The SMILES string of the molecule is CCOc1cccc(C(NCCN(CC)CC)C(=O)O)c1. The fourth-order valence-electron chi connectivity index (χ4n) is 2.21. The van der Waals surface area contributed by atoms with Crippen molar-refractivity contribution >= 4 is 5.97 Å². The lowest BCUT2D eigenvalue weighted by atomic mass is 10.1. The van der Waals surface area contributed by atoms with Crippen LogP contribution in [0.4, 0.5) is 0 Å². The Morgan fingerprint density at radius 3 is 2.62 bits per heavy atom. The highest BCUT2D eigenvalue weighted by molar-refractivity contribution is 5.75. The molecule has 0 spiro atoms. The third-order valence-corrected chi connectivity index (χ3v) is 3.42. The van der Waals surface area contributed by atoms with E-state index in [1.54, 1.807) is 6.07 Å². The molecule has 1 unspecified atom stereocenters. The Morgan fingerprint density at radius 2 is 2.05 bits per heavy atom. The van der Waals surface area contributed by atoms with Crippen LogP contribution in [0.1, 0.15) is 32.4 Å². The summed E-state index contributed by atoms with van der Waals surface area (Å²) in [4.78, 5) is 13.7. The number of nitrogens with one attached hydrogen (secondary N) is 1. The van der Waals surface area contributed by atoms with Gasteiger partial charge in [-0.05, 0) is 37.7 Å². The van der Waals surface area contributed by atoms with Crippen molar-refractivity contribution in [1.29, 1.82) is 0 Å². The molecule has 1 aromatic rings. The molecular weight excluding hydrogens is 268 g/mol. The maximum Gasteiger partial charge on any atom is 0.325 e. The van der Waals surface area contributed by atoms with Gasteiger partial charge in [-0.15, -0.1) is 0 Å². The van der Waals surface area contributed by atoms with Crippen molar-refractivity contribution in [3.05, 3.63) is 29.8 Å². The molecule has 1 atom stereocenters. The minimum atomic E-state index is -0.872. The van der Waals surface area contributed by atoms with Gasteiger partial charge in [0.15, 0.2) is 0 Å². The maximum atomic E-state index is 11.5. The van der Waals surface area contributed by atoms with Crippen molar-refractivity contribution in [3.63, 3.8) is 0 Å². The van der Waals surface area contributed by atoms with Crippen LogP contribution in [0.2, 0.25) is 0 Å². The van der Waals surface area contributed by atoms with Crippen molar-refractivity contribution in [2.24, 2.45) is 0 Å². The fraction of sp³-hybridized carbons (Fsp3) is 0.562. The fourth-order valence-corrected chi connectivity index (χ4v) is 2.21. The zero-order valence-electron chi connectivity index (χ0n) is 13.1. The molecule has 0 heterocycles. The minimum Gasteiger partial charge on any atom is -0.494 e. The van der Waals surface area contributed by atoms with E-state index in [0.717, 1.165) is 19.6 Å². The monoisotopic (exact) mass is 294 g/mol. The second-order valence-electron chi connectivity index (χ2n) is 4.76. The molecule has 21 heavy (non-hydrogen) atoms. The lowest BCUT2D eigenvalue weighted by Crippen LogP contribution is -2.36. The van der Waals surface area contributed by atoms with E-state index < -0.39 is 12.0 Å². The van der Waals surface area contributed by atoms with Crippen LogP contribution in [-0.4, -0.2) is 48.8 Å². The molecule has 0 amide bonds. The smallest absolute Gasteiger partial charge is 0.325 e. The first-order valence-corrected chi connectivity index (χ1v) is 7.53. The molecule has 0 aliphatic heterocycles. The molecule has 118 valence electrons. The number of hydrogen-bond acceptors (Lipinski definition) is 4. The first-order chi connectivity index (χ1) is 10.1. The molecule has 0 bridgehead atoms. The maximum absolute atomic E-state index is 11.5. The Kier molecular flexibility index (Phi) is 7.79. The van der Waals surface area contributed by atoms with Gasteiger partial charge in [0.2, 0.25) is 0 Å². The van der Waals surface area contributed by atoms with Crippen molar-refractivity contribution in [2.45, 2.75) is 26.8 Å². The summed E-state index contributed by atoms with van der Waals surface area (Å²) < 4.78 is 5.42. The summed E-state index contributed by atoms with van der Waals surface area (Å²) in [6, 6.07) is 6.55. The number of carboxylic acid groups (broad SMARTS) is 1. The Hall–Kier alpha value is -1.59. The number of carboxylic acids is 1. The number of benzene rings is 1. The van der Waals surface area contributed by atoms with E-state index in [-0.39, 0.29) is 0 Å². The zero-order chi connectivity index (χ0) is 15.7. The average Bonchev–Trinajstić information content (AvgIpc) is 2.48. The molecule has 0 aromatic heterocycles. The summed E-state index contributed by atoms with van der Waals surface area (Å²) in [6.07, 6.45) is 0. The van der Waals surface area contributed by atoms with Gasteiger partial charge in [0.1, 0.15) is 11.8 Å². The summed E-state index contributed by atoms with van der Waals surface area (Å²) >= 11 is 0. The van der Waals surface area contributed by atoms with Crippen LogP contribution in [0.15, 0.2) is 24.3 Å². The zero-order valence-corrected chi connectivity index (χ0v) is 13.1. The van der Waals surface area contributed by atoms with E-state index in [1.165, 1.54) is 0 Å². The molecular formula is C16H26N2O3. The molecule has 1 aromatic carbocycles. The van der Waals surface area contributed by atoms with E-state index in [2.05, 4.69) is 24.1 Å². The van der Waals surface area contributed by atoms with Crippen LogP contribution in [0.5, 0.6) is 5.75 Å². The largest absolute Gasteiger partial charge is 0.494 e. The second kappa shape index (κ2) is 9.37. The third kappa shape index (κ3) is 5.73. The number of rotatable bonds is 10. The first kappa shape index (κ1) is 17.5. The molecule has 0 radical (unpaired) electrons. The van der Waals surface area contributed by atoms with Gasteiger partial charge < -0.3 is 14.7 Å². The highest BCUT2D eigenvalue weighted by Gasteiger charge is 2.19. The van der Waals surface area contributed by atoms with Gasteiger partial charge in [0.05, 0.1) is 6.61 Å². The van der Waals surface area contributed by atoms with Gasteiger partial charge in [-0.1, -0.05) is 26.0 Å². The highest BCUT2D eigenvalue weighted by Crippen LogP contribution is 2.19. The van der Waals surface area contributed by atoms with E-state index in [0.29, 0.717) is 24.5 Å². The Labute approximate surface area is 126 Å². The van der Waals surface area contributed by atoms with E-state index in [9.17, 15) is 9.90 Å². The van der Waals surface area contributed by atoms with Crippen molar-refractivity contribution in [2.75, 3.05) is 32.8 Å². The minimum absolute atomic E-state index is 0.566. The van der Waals surface area contributed by atoms with E-state index in [4.69, 9.17) is 4.74 Å². The molecule has 1 rings (SSSR count). The van der Waals surface area contributed by atoms with Crippen molar-refractivity contribution in [3.8, 4) is 5.75 Å². The standard InChI is InChI=1S/C16H26N2O3/c1-4-18(5-2)11-10-17-15(16(19)20)13-8-7-9-14(12-13)21-6-3/h7-9,12,15,17H,4-6,10-11H2,1-3H3,(H,19,20). The Bertz CT molecular complexity index is 433. The molecule has 0 saturated heterocycles. The number of hydrogen-bond donors (Lipinski definition) is 2.